The van der Waals surface area contributed by atoms with Gasteiger partial charge < -0.3 is 5.32 Å². The highest BCUT2D eigenvalue weighted by molar-refractivity contribution is 5.38. The predicted molar refractivity (Wildman–Crippen MR) is 61.9 cm³/mol. The van der Waals surface area contributed by atoms with E-state index in [4.69, 9.17) is 0 Å². The molecule has 0 spiro atoms. The van der Waals surface area contributed by atoms with Crippen LogP contribution in [0.3, 0.4) is 0 Å². The van der Waals surface area contributed by atoms with Gasteiger partial charge >= 0.3 is 0 Å². The van der Waals surface area contributed by atoms with Crippen molar-refractivity contribution in [2.75, 3.05) is 11.9 Å². The third-order valence-corrected chi connectivity index (χ3v) is 2.77. The molecule has 0 saturated heterocycles. The summed E-state index contributed by atoms with van der Waals surface area (Å²) in [6.07, 6.45) is 4.37. The van der Waals surface area contributed by atoms with Crippen LogP contribution < -0.4 is 5.32 Å². The fraction of sp³-hybridized carbons (Fsp3) is 0.667. The van der Waals surface area contributed by atoms with Crippen molar-refractivity contribution in [1.29, 1.82) is 0 Å². The minimum atomic E-state index is -0.312. The zero-order valence-electron chi connectivity index (χ0n) is 9.89. The topological polar surface area (TPSA) is 37.8 Å². The van der Waals surface area contributed by atoms with Gasteiger partial charge in [-0.15, -0.1) is 0 Å². The van der Waals surface area contributed by atoms with Gasteiger partial charge in [-0.05, 0) is 32.1 Å². The van der Waals surface area contributed by atoms with E-state index in [1.807, 2.05) is 6.92 Å². The Hall–Kier alpha value is -1.19. The van der Waals surface area contributed by atoms with Gasteiger partial charge in [-0.1, -0.05) is 6.92 Å². The molecule has 1 aromatic heterocycles. The predicted octanol–water partition coefficient (Wildman–Crippen LogP) is 2.70. The minimum absolute atomic E-state index is 0.312. The SMILES string of the molecule is CCCNc1nc(CC2CC2)nc(C)c1F. The Labute approximate surface area is 95.5 Å². The summed E-state index contributed by atoms with van der Waals surface area (Å²) in [4.78, 5) is 8.45. The normalized spacial score (nSPS) is 15.2. The first-order valence-corrected chi connectivity index (χ1v) is 5.97. The molecule has 0 radical (unpaired) electrons. The van der Waals surface area contributed by atoms with Crippen LogP contribution >= 0.6 is 0 Å². The van der Waals surface area contributed by atoms with Gasteiger partial charge in [0, 0.05) is 13.0 Å². The fourth-order valence-corrected chi connectivity index (χ4v) is 1.65. The van der Waals surface area contributed by atoms with E-state index in [2.05, 4.69) is 15.3 Å². The van der Waals surface area contributed by atoms with Crippen LogP contribution in [0.25, 0.3) is 0 Å². The third-order valence-electron chi connectivity index (χ3n) is 2.77. The van der Waals surface area contributed by atoms with Gasteiger partial charge in [0.1, 0.15) is 5.82 Å². The molecule has 0 unspecified atom stereocenters. The highest BCUT2D eigenvalue weighted by Crippen LogP contribution is 2.32. The summed E-state index contributed by atoms with van der Waals surface area (Å²) in [5.41, 5.74) is 0.448. The maximum atomic E-state index is 13.7. The van der Waals surface area contributed by atoms with Gasteiger partial charge in [0.05, 0.1) is 5.69 Å². The van der Waals surface area contributed by atoms with Crippen molar-refractivity contribution < 1.29 is 4.39 Å². The van der Waals surface area contributed by atoms with Crippen LogP contribution in [-0.4, -0.2) is 16.5 Å². The van der Waals surface area contributed by atoms with Gasteiger partial charge in [0.25, 0.3) is 0 Å². The van der Waals surface area contributed by atoms with E-state index in [1.165, 1.54) is 12.8 Å². The molecular formula is C12H18FN3. The largest absolute Gasteiger partial charge is 0.368 e. The first-order valence-electron chi connectivity index (χ1n) is 5.97. The molecule has 1 aliphatic carbocycles. The molecule has 16 heavy (non-hydrogen) atoms. The van der Waals surface area contributed by atoms with E-state index < -0.39 is 0 Å². The van der Waals surface area contributed by atoms with Crippen molar-refractivity contribution >= 4 is 5.82 Å². The van der Waals surface area contributed by atoms with E-state index in [1.54, 1.807) is 6.92 Å². The molecule has 1 aliphatic rings. The maximum absolute atomic E-state index is 13.7. The maximum Gasteiger partial charge on any atom is 0.186 e. The molecule has 1 saturated carbocycles. The van der Waals surface area contributed by atoms with E-state index in [-0.39, 0.29) is 5.82 Å². The monoisotopic (exact) mass is 223 g/mol. The smallest absolute Gasteiger partial charge is 0.186 e. The van der Waals surface area contributed by atoms with Crippen LogP contribution in [0.15, 0.2) is 0 Å². The minimum Gasteiger partial charge on any atom is -0.368 e. The molecule has 3 nitrogen and oxygen atoms in total. The molecule has 1 heterocycles. The number of aryl methyl sites for hydroxylation is 1. The zero-order chi connectivity index (χ0) is 11.5. The van der Waals surface area contributed by atoms with Gasteiger partial charge in [0.15, 0.2) is 11.6 Å². The Morgan fingerprint density at radius 2 is 2.12 bits per heavy atom. The van der Waals surface area contributed by atoms with E-state index in [0.29, 0.717) is 11.5 Å². The third kappa shape index (κ3) is 2.68. The van der Waals surface area contributed by atoms with Crippen molar-refractivity contribution in [3.8, 4) is 0 Å². The summed E-state index contributed by atoms with van der Waals surface area (Å²) in [7, 11) is 0. The van der Waals surface area contributed by atoms with Crippen LogP contribution in [0, 0.1) is 18.7 Å². The van der Waals surface area contributed by atoms with Gasteiger partial charge in [-0.3, -0.25) is 0 Å². The molecule has 1 aromatic rings. The lowest BCUT2D eigenvalue weighted by Gasteiger charge is -2.09. The zero-order valence-corrected chi connectivity index (χ0v) is 9.89. The molecule has 0 atom stereocenters. The number of nitrogens with zero attached hydrogens (tertiary/aromatic N) is 2. The molecule has 1 N–H and O–H groups in total. The fourth-order valence-electron chi connectivity index (χ4n) is 1.65. The Kier molecular flexibility index (Phi) is 3.36. The molecule has 1 fully saturated rings. The van der Waals surface area contributed by atoms with Crippen LogP contribution in [0.4, 0.5) is 10.2 Å². The van der Waals surface area contributed by atoms with Crippen molar-refractivity contribution in [2.24, 2.45) is 5.92 Å². The number of anilines is 1. The quantitative estimate of drug-likeness (QED) is 0.834. The van der Waals surface area contributed by atoms with Crippen LogP contribution in [0.1, 0.15) is 37.7 Å². The average molecular weight is 223 g/mol. The molecule has 0 aliphatic heterocycles. The molecular weight excluding hydrogens is 205 g/mol. The number of rotatable bonds is 5. The highest BCUT2D eigenvalue weighted by Gasteiger charge is 2.23. The highest BCUT2D eigenvalue weighted by atomic mass is 19.1. The molecule has 0 amide bonds. The summed E-state index contributed by atoms with van der Waals surface area (Å²) < 4.78 is 13.7. The Bertz CT molecular complexity index is 375. The van der Waals surface area contributed by atoms with Gasteiger partial charge in [-0.2, -0.15) is 0 Å². The molecule has 0 bridgehead atoms. The summed E-state index contributed by atoms with van der Waals surface area (Å²) in [6, 6.07) is 0. The second-order valence-corrected chi connectivity index (χ2v) is 4.46. The average Bonchev–Trinajstić information content (AvgIpc) is 3.05. The summed E-state index contributed by atoms with van der Waals surface area (Å²) >= 11 is 0. The van der Waals surface area contributed by atoms with Crippen molar-refractivity contribution in [3.63, 3.8) is 0 Å². The van der Waals surface area contributed by atoms with Crippen molar-refractivity contribution in [2.45, 2.75) is 39.5 Å². The summed E-state index contributed by atoms with van der Waals surface area (Å²) in [5.74, 6) is 1.56. The first kappa shape index (κ1) is 11.3. The number of nitrogens with one attached hydrogen (secondary N) is 1. The number of halogens is 1. The molecule has 0 aromatic carbocycles. The van der Waals surface area contributed by atoms with E-state index >= 15 is 0 Å². The standard InChI is InChI=1S/C12H18FN3/c1-3-6-14-12-11(13)8(2)15-10(16-12)7-9-4-5-9/h9H,3-7H2,1-2H3,(H,14,15,16). The van der Waals surface area contributed by atoms with Crippen LogP contribution in [0.2, 0.25) is 0 Å². The summed E-state index contributed by atoms with van der Waals surface area (Å²) in [5, 5.41) is 3.01. The van der Waals surface area contributed by atoms with Gasteiger partial charge in [-0.25, -0.2) is 14.4 Å². The Balaban J connectivity index is 2.16. The lowest BCUT2D eigenvalue weighted by Crippen LogP contribution is -2.10. The molecule has 4 heteroatoms. The Morgan fingerprint density at radius 1 is 1.38 bits per heavy atom. The van der Waals surface area contributed by atoms with Crippen molar-refractivity contribution in [1.82, 2.24) is 9.97 Å². The van der Waals surface area contributed by atoms with Crippen molar-refractivity contribution in [3.05, 3.63) is 17.3 Å². The van der Waals surface area contributed by atoms with E-state index in [0.717, 1.165) is 31.1 Å². The molecule has 88 valence electrons. The van der Waals surface area contributed by atoms with Gasteiger partial charge in [0.2, 0.25) is 0 Å². The van der Waals surface area contributed by atoms with Crippen LogP contribution in [0.5, 0.6) is 0 Å². The van der Waals surface area contributed by atoms with E-state index in [9.17, 15) is 4.39 Å². The Morgan fingerprint density at radius 3 is 2.75 bits per heavy atom. The second-order valence-electron chi connectivity index (χ2n) is 4.46. The number of aromatic nitrogens is 2. The van der Waals surface area contributed by atoms with Crippen LogP contribution in [-0.2, 0) is 6.42 Å². The lowest BCUT2D eigenvalue weighted by atomic mass is 10.2. The molecule has 2 rings (SSSR count). The lowest BCUT2D eigenvalue weighted by molar-refractivity contribution is 0.596. The second kappa shape index (κ2) is 4.76. The summed E-state index contributed by atoms with van der Waals surface area (Å²) in [6.45, 7) is 4.49. The number of hydrogen-bond donors (Lipinski definition) is 1. The number of hydrogen-bond acceptors (Lipinski definition) is 3. The first-order chi connectivity index (χ1) is 7.70.